The van der Waals surface area contributed by atoms with Crippen LogP contribution < -0.4 is 21.3 Å². The number of hydrogen-bond donors (Lipinski definition) is 4. The van der Waals surface area contributed by atoms with Crippen LogP contribution >= 0.6 is 0 Å². The molecule has 0 aliphatic heterocycles. The van der Waals surface area contributed by atoms with Gasteiger partial charge in [-0.1, -0.05) is 53.9 Å². The van der Waals surface area contributed by atoms with E-state index in [0.29, 0.717) is 77.5 Å². The monoisotopic (exact) mass is 1300 g/mol. The first-order valence-corrected chi connectivity index (χ1v) is 31.9. The molecule has 0 radical (unpaired) electrons. The Morgan fingerprint density at radius 3 is 0.793 bits per heavy atom. The van der Waals surface area contributed by atoms with Crippen molar-refractivity contribution in [2.45, 2.75) is 248 Å². The molecule has 0 aromatic heterocycles. The molecule has 3 aliphatic rings. The van der Waals surface area contributed by atoms with Gasteiger partial charge >= 0.3 is 0 Å². The third-order valence-corrected chi connectivity index (χ3v) is 14.8. The lowest BCUT2D eigenvalue weighted by molar-refractivity contribution is -0.137. The molecule has 4 amide bonds. The summed E-state index contributed by atoms with van der Waals surface area (Å²) < 4.78 is 129. The highest BCUT2D eigenvalue weighted by molar-refractivity contribution is 5.83. The SMILES string of the molecule is CC(C)(C)CC(OCc1cc(F)cc(F)c1)C(=O)NC(C)(C)C.CC(C)(C)NC(=O)C(CC1CCC1)OCc1cc(F)cc(F)c1.CC1CC1CC(OCc1cc(F)cc(F)c1)C(=O)NC(C)(C)C.CC1CC1CC(OCc1cc(F)cc(F)c1)C(=O)NC(C)(C)C. The lowest BCUT2D eigenvalue weighted by Crippen LogP contribution is -2.47. The molecule has 12 nitrogen and oxygen atoms in total. The van der Waals surface area contributed by atoms with Gasteiger partial charge in [-0.15, -0.1) is 0 Å². The predicted molar refractivity (Wildman–Crippen MR) is 341 cm³/mol. The van der Waals surface area contributed by atoms with Crippen LogP contribution in [0.4, 0.5) is 35.1 Å². The molecule has 514 valence electrons. The van der Waals surface area contributed by atoms with Crippen LogP contribution in [0.15, 0.2) is 72.8 Å². The normalized spacial score (nSPS) is 18.5. The van der Waals surface area contributed by atoms with E-state index >= 15 is 0 Å². The highest BCUT2D eigenvalue weighted by Gasteiger charge is 2.39. The Morgan fingerprint density at radius 1 is 0.380 bits per heavy atom. The van der Waals surface area contributed by atoms with Gasteiger partial charge in [-0.3, -0.25) is 19.2 Å². The summed E-state index contributed by atoms with van der Waals surface area (Å²) in [5.41, 5.74) is 0.00432. The molecular weight excluding hydrogens is 1200 g/mol. The summed E-state index contributed by atoms with van der Waals surface area (Å²) >= 11 is 0. The minimum absolute atomic E-state index is 0.0119. The maximum absolute atomic E-state index is 13.2. The molecule has 0 bridgehead atoms. The number of rotatable bonds is 23. The van der Waals surface area contributed by atoms with Crippen molar-refractivity contribution < 1.29 is 73.2 Å². The summed E-state index contributed by atoms with van der Waals surface area (Å²) in [6.07, 6.45) is 5.56. The van der Waals surface area contributed by atoms with Gasteiger partial charge in [0.15, 0.2) is 0 Å². The molecule has 3 saturated carbocycles. The smallest absolute Gasteiger partial charge is 0.249 e. The molecule has 3 fully saturated rings. The molecular formula is C72H102F8N4O8. The average Bonchev–Trinajstić information content (AvgIpc) is 1.68. The van der Waals surface area contributed by atoms with Crippen molar-refractivity contribution in [2.75, 3.05) is 0 Å². The van der Waals surface area contributed by atoms with E-state index < -0.39 is 71.0 Å². The van der Waals surface area contributed by atoms with E-state index in [1.54, 1.807) is 0 Å². The Balaban J connectivity index is 0.000000262. The van der Waals surface area contributed by atoms with Gasteiger partial charge in [-0.05, 0) is 227 Å². The summed E-state index contributed by atoms with van der Waals surface area (Å²) in [6, 6.07) is 13.0. The molecule has 20 heteroatoms. The molecule has 7 rings (SSSR count). The van der Waals surface area contributed by atoms with Gasteiger partial charge < -0.3 is 40.2 Å². The van der Waals surface area contributed by atoms with Crippen LogP contribution in [0.25, 0.3) is 0 Å². The van der Waals surface area contributed by atoms with Gasteiger partial charge in [0, 0.05) is 46.4 Å². The quantitative estimate of drug-likeness (QED) is 0.0536. The molecule has 92 heavy (non-hydrogen) atoms. The fraction of sp³-hybridized carbons (Fsp3) is 0.611. The van der Waals surface area contributed by atoms with Gasteiger partial charge in [0.25, 0.3) is 0 Å². The first-order chi connectivity index (χ1) is 42.4. The molecule has 0 spiro atoms. The van der Waals surface area contributed by atoms with Gasteiger partial charge in [0.05, 0.1) is 26.4 Å². The second-order valence-corrected chi connectivity index (χ2v) is 30.5. The molecule has 4 N–H and O–H groups in total. The van der Waals surface area contributed by atoms with E-state index in [-0.39, 0.29) is 77.6 Å². The van der Waals surface area contributed by atoms with Crippen molar-refractivity contribution >= 4 is 23.6 Å². The Morgan fingerprint density at radius 2 is 0.598 bits per heavy atom. The topological polar surface area (TPSA) is 153 Å². The maximum atomic E-state index is 13.2. The number of benzene rings is 4. The summed E-state index contributed by atoms with van der Waals surface area (Å²) in [4.78, 5) is 49.6. The number of nitrogens with one attached hydrogen (secondary N) is 4. The molecule has 4 aromatic carbocycles. The highest BCUT2D eigenvalue weighted by Crippen LogP contribution is 2.43. The Bertz CT molecular complexity index is 2730. The van der Waals surface area contributed by atoms with E-state index in [2.05, 4.69) is 35.1 Å². The lowest BCUT2D eigenvalue weighted by Gasteiger charge is -2.31. The lowest BCUT2D eigenvalue weighted by atomic mass is 9.81. The van der Waals surface area contributed by atoms with Crippen molar-refractivity contribution in [1.82, 2.24) is 21.3 Å². The van der Waals surface area contributed by atoms with Gasteiger partial charge in [-0.2, -0.15) is 0 Å². The summed E-state index contributed by atoms with van der Waals surface area (Å²) in [6.45, 7) is 33.2. The maximum Gasteiger partial charge on any atom is 0.249 e. The summed E-state index contributed by atoms with van der Waals surface area (Å²) in [7, 11) is 0. The van der Waals surface area contributed by atoms with Gasteiger partial charge in [0.2, 0.25) is 23.6 Å². The van der Waals surface area contributed by atoms with E-state index in [1.807, 2.05) is 104 Å². The number of ether oxygens (including phenoxy) is 4. The van der Waals surface area contributed by atoms with Crippen molar-refractivity contribution in [3.05, 3.63) is 142 Å². The van der Waals surface area contributed by atoms with Crippen LogP contribution in [0.2, 0.25) is 0 Å². The van der Waals surface area contributed by atoms with E-state index in [0.717, 1.165) is 49.9 Å². The van der Waals surface area contributed by atoms with E-state index in [4.69, 9.17) is 18.9 Å². The minimum atomic E-state index is -0.680. The molecule has 3 aliphatic carbocycles. The second-order valence-electron chi connectivity index (χ2n) is 30.5. The number of carbonyl (C=O) groups excluding carboxylic acids is 4. The number of amides is 4. The molecule has 0 saturated heterocycles. The van der Waals surface area contributed by atoms with Crippen molar-refractivity contribution in [1.29, 1.82) is 0 Å². The summed E-state index contributed by atoms with van der Waals surface area (Å²) in [5.74, 6) is -3.23. The minimum Gasteiger partial charge on any atom is -0.364 e. The number of carbonyl (C=O) groups is 4. The van der Waals surface area contributed by atoms with Crippen LogP contribution in [-0.4, -0.2) is 70.2 Å². The van der Waals surface area contributed by atoms with Crippen LogP contribution in [0.5, 0.6) is 0 Å². The van der Waals surface area contributed by atoms with Crippen molar-refractivity contribution in [3.8, 4) is 0 Å². The van der Waals surface area contributed by atoms with Crippen LogP contribution in [-0.2, 0) is 64.6 Å². The Kier molecular flexibility index (Phi) is 29.4. The van der Waals surface area contributed by atoms with Crippen LogP contribution in [0, 0.1) is 81.5 Å². The molecule has 8 unspecified atom stereocenters. The highest BCUT2D eigenvalue weighted by atomic mass is 19.2. The number of hydrogen-bond acceptors (Lipinski definition) is 8. The second kappa shape index (κ2) is 34.4. The predicted octanol–water partition coefficient (Wildman–Crippen LogP) is 15.8. The standard InChI is InChI=1S/3C18H25F2NO2.C18H27F2NO2/c2*1-11-5-13(11)8-16(17(22)21-18(2,3)4)23-10-12-6-14(19)9-15(20)7-12;1-18(2,3)21-17(22)16(9-12-5-4-6-12)23-11-13-7-14(19)10-15(20)8-13;1-17(2,3)10-15(16(22)21-18(4,5)6)23-11-12-7-13(19)9-14(20)8-12/h2*6-7,9,11,13,16H,5,8,10H2,1-4H3,(H,21,22);7-8,10,12,16H,4-6,9,11H2,1-3H3,(H,21,22);7-9,15H,10-11H2,1-6H3,(H,21,22). The molecule has 0 heterocycles. The Labute approximate surface area is 541 Å². The molecule has 4 aromatic rings. The zero-order valence-corrected chi connectivity index (χ0v) is 57.1. The first-order valence-electron chi connectivity index (χ1n) is 31.9. The molecule has 8 atom stereocenters. The van der Waals surface area contributed by atoms with Gasteiger partial charge in [0.1, 0.15) is 71.0 Å². The third kappa shape index (κ3) is 32.7. The van der Waals surface area contributed by atoms with E-state index in [9.17, 15) is 54.3 Å². The Hall–Kier alpha value is -5.96. The van der Waals surface area contributed by atoms with Crippen LogP contribution in [0.1, 0.15) is 198 Å². The zero-order chi connectivity index (χ0) is 69.3. The fourth-order valence-electron chi connectivity index (χ4n) is 9.94. The van der Waals surface area contributed by atoms with Crippen molar-refractivity contribution in [3.63, 3.8) is 0 Å². The first kappa shape index (κ1) is 78.5. The number of halogens is 8. The van der Waals surface area contributed by atoms with E-state index in [1.165, 1.54) is 55.0 Å². The zero-order valence-electron chi connectivity index (χ0n) is 57.1. The summed E-state index contributed by atoms with van der Waals surface area (Å²) in [5, 5.41) is 11.6. The fourth-order valence-corrected chi connectivity index (χ4v) is 9.94. The van der Waals surface area contributed by atoms with Crippen LogP contribution in [0.3, 0.4) is 0 Å². The third-order valence-electron chi connectivity index (χ3n) is 14.8. The van der Waals surface area contributed by atoms with Gasteiger partial charge in [-0.25, -0.2) is 35.1 Å². The largest absolute Gasteiger partial charge is 0.364 e. The van der Waals surface area contributed by atoms with Crippen molar-refractivity contribution in [2.24, 2.45) is 35.0 Å². The average molecular weight is 1300 g/mol.